The molecule has 0 aliphatic carbocycles. The predicted molar refractivity (Wildman–Crippen MR) is 76.6 cm³/mol. The Morgan fingerprint density at radius 3 is 2.94 bits per heavy atom. The van der Waals surface area contributed by atoms with Gasteiger partial charge < -0.3 is 5.32 Å². The molecule has 92 valence electrons. The van der Waals surface area contributed by atoms with Crippen molar-refractivity contribution in [3.8, 4) is 0 Å². The van der Waals surface area contributed by atoms with Crippen molar-refractivity contribution in [2.75, 3.05) is 5.32 Å². The summed E-state index contributed by atoms with van der Waals surface area (Å²) < 4.78 is 0. The first-order valence-corrected chi connectivity index (χ1v) is 7.43. The number of fused-ring (bicyclic) bond motifs is 1. The van der Waals surface area contributed by atoms with E-state index in [2.05, 4.69) is 20.3 Å². The van der Waals surface area contributed by atoms with E-state index in [9.17, 15) is 0 Å². The first kappa shape index (κ1) is 11.8. The minimum atomic E-state index is 0.0964. The Kier molecular flexibility index (Phi) is 3.15. The molecule has 0 bridgehead atoms. The molecule has 0 radical (unpaired) electrons. The number of hydrogen-bond acceptors (Lipinski definition) is 6. The second-order valence-corrected chi connectivity index (χ2v) is 5.91. The highest BCUT2D eigenvalue weighted by atomic mass is 35.5. The van der Waals surface area contributed by atoms with E-state index in [0.717, 1.165) is 21.0 Å². The van der Waals surface area contributed by atoms with Crippen LogP contribution in [0.5, 0.6) is 0 Å². The fourth-order valence-corrected chi connectivity index (χ4v) is 3.45. The Balaban J connectivity index is 1.97. The predicted octanol–water partition coefficient (Wildman–Crippen LogP) is 3.97. The van der Waals surface area contributed by atoms with Crippen LogP contribution in [0, 0.1) is 0 Å². The molecule has 0 fully saturated rings. The number of nitrogens with zero attached hydrogens (tertiary/aromatic N) is 3. The topological polar surface area (TPSA) is 50.7 Å². The molecular formula is C11H9ClN4S2. The van der Waals surface area contributed by atoms with Gasteiger partial charge in [-0.2, -0.15) is 0 Å². The molecule has 1 unspecified atom stereocenters. The third kappa shape index (κ3) is 2.07. The molecule has 0 saturated heterocycles. The molecule has 0 aliphatic heterocycles. The van der Waals surface area contributed by atoms with Crippen molar-refractivity contribution in [1.82, 2.24) is 15.0 Å². The van der Waals surface area contributed by atoms with Gasteiger partial charge in [-0.15, -0.1) is 22.7 Å². The van der Waals surface area contributed by atoms with Gasteiger partial charge in [0.1, 0.15) is 22.0 Å². The molecule has 3 heterocycles. The molecule has 3 aromatic rings. The van der Waals surface area contributed by atoms with Gasteiger partial charge in [0, 0.05) is 17.0 Å². The lowest BCUT2D eigenvalue weighted by atomic mass is 10.3. The standard InChI is InChI=1S/C11H9ClN4S2/c1-6(10-13-2-3-17-10)16-9-8-7(12)4-18-11(8)15-5-14-9/h2-6H,1H3,(H,14,15,16). The van der Waals surface area contributed by atoms with E-state index < -0.39 is 0 Å². The zero-order valence-electron chi connectivity index (χ0n) is 9.42. The van der Waals surface area contributed by atoms with E-state index in [-0.39, 0.29) is 6.04 Å². The lowest BCUT2D eigenvalue weighted by Crippen LogP contribution is -2.07. The largest absolute Gasteiger partial charge is 0.360 e. The molecule has 0 spiro atoms. The number of thiazole rings is 1. The van der Waals surface area contributed by atoms with E-state index in [1.165, 1.54) is 11.3 Å². The summed E-state index contributed by atoms with van der Waals surface area (Å²) in [5, 5.41) is 9.76. The van der Waals surface area contributed by atoms with Crippen LogP contribution >= 0.6 is 34.3 Å². The molecule has 0 amide bonds. The average Bonchev–Trinajstić information content (AvgIpc) is 3.00. The first-order valence-electron chi connectivity index (χ1n) is 5.29. The van der Waals surface area contributed by atoms with Gasteiger partial charge in [-0.05, 0) is 6.92 Å². The fraction of sp³-hybridized carbons (Fsp3) is 0.182. The number of nitrogens with one attached hydrogen (secondary N) is 1. The smallest absolute Gasteiger partial charge is 0.140 e. The summed E-state index contributed by atoms with van der Waals surface area (Å²) in [7, 11) is 0. The number of halogens is 1. The summed E-state index contributed by atoms with van der Waals surface area (Å²) in [6, 6.07) is 0.0964. The van der Waals surface area contributed by atoms with Gasteiger partial charge in [0.2, 0.25) is 0 Å². The van der Waals surface area contributed by atoms with Gasteiger partial charge in [0.25, 0.3) is 0 Å². The van der Waals surface area contributed by atoms with Crippen LogP contribution in [-0.4, -0.2) is 15.0 Å². The highest BCUT2D eigenvalue weighted by Crippen LogP contribution is 2.34. The van der Waals surface area contributed by atoms with Crippen molar-refractivity contribution in [2.45, 2.75) is 13.0 Å². The number of rotatable bonds is 3. The highest BCUT2D eigenvalue weighted by Gasteiger charge is 2.14. The van der Waals surface area contributed by atoms with Gasteiger partial charge >= 0.3 is 0 Å². The molecule has 1 atom stereocenters. The number of hydrogen-bond donors (Lipinski definition) is 1. The molecule has 1 N–H and O–H groups in total. The van der Waals surface area contributed by atoms with Crippen molar-refractivity contribution < 1.29 is 0 Å². The van der Waals surface area contributed by atoms with Crippen LogP contribution < -0.4 is 5.32 Å². The van der Waals surface area contributed by atoms with Crippen LogP contribution in [0.25, 0.3) is 10.2 Å². The number of thiophene rings is 1. The molecule has 4 nitrogen and oxygen atoms in total. The minimum absolute atomic E-state index is 0.0964. The monoisotopic (exact) mass is 296 g/mol. The molecule has 18 heavy (non-hydrogen) atoms. The molecular weight excluding hydrogens is 288 g/mol. The lowest BCUT2D eigenvalue weighted by molar-refractivity contribution is 0.862. The number of anilines is 1. The fourth-order valence-electron chi connectivity index (χ4n) is 1.67. The van der Waals surface area contributed by atoms with E-state index in [0.29, 0.717) is 5.02 Å². The van der Waals surface area contributed by atoms with Gasteiger partial charge in [0.15, 0.2) is 0 Å². The van der Waals surface area contributed by atoms with Crippen LogP contribution in [0.4, 0.5) is 5.82 Å². The Bertz CT molecular complexity index is 665. The van der Waals surface area contributed by atoms with E-state index in [4.69, 9.17) is 11.6 Å². The quantitative estimate of drug-likeness (QED) is 0.794. The van der Waals surface area contributed by atoms with Gasteiger partial charge in [-0.3, -0.25) is 0 Å². The van der Waals surface area contributed by atoms with Crippen LogP contribution in [-0.2, 0) is 0 Å². The van der Waals surface area contributed by atoms with Crippen LogP contribution in [0.3, 0.4) is 0 Å². The third-order valence-corrected chi connectivity index (χ3v) is 4.77. The Labute approximate surface area is 117 Å². The number of aromatic nitrogens is 3. The van der Waals surface area contributed by atoms with Crippen LogP contribution in [0.15, 0.2) is 23.3 Å². The maximum Gasteiger partial charge on any atom is 0.140 e. The third-order valence-electron chi connectivity index (χ3n) is 2.50. The zero-order chi connectivity index (χ0) is 12.5. The van der Waals surface area contributed by atoms with Crippen LogP contribution in [0.2, 0.25) is 5.02 Å². The van der Waals surface area contributed by atoms with Crippen molar-refractivity contribution in [3.05, 3.63) is 33.3 Å². The molecule has 0 aromatic carbocycles. The van der Waals surface area contributed by atoms with Crippen molar-refractivity contribution in [2.24, 2.45) is 0 Å². The summed E-state index contributed by atoms with van der Waals surface area (Å²) in [5.41, 5.74) is 0. The molecule has 3 aromatic heterocycles. The summed E-state index contributed by atoms with van der Waals surface area (Å²) in [6.07, 6.45) is 3.34. The minimum Gasteiger partial charge on any atom is -0.360 e. The SMILES string of the molecule is CC(Nc1ncnc2scc(Cl)c12)c1nccs1. The Hall–Kier alpha value is -1.24. The van der Waals surface area contributed by atoms with E-state index in [1.54, 1.807) is 23.9 Å². The summed E-state index contributed by atoms with van der Waals surface area (Å²) >= 11 is 9.29. The lowest BCUT2D eigenvalue weighted by Gasteiger charge is -2.12. The van der Waals surface area contributed by atoms with E-state index >= 15 is 0 Å². The summed E-state index contributed by atoms with van der Waals surface area (Å²) in [5.74, 6) is 0.758. The van der Waals surface area contributed by atoms with Gasteiger partial charge in [0.05, 0.1) is 16.5 Å². The maximum absolute atomic E-state index is 6.16. The normalized spacial score (nSPS) is 12.8. The Morgan fingerprint density at radius 1 is 1.28 bits per heavy atom. The second-order valence-electron chi connectivity index (χ2n) is 3.72. The molecule has 0 aliphatic rings. The maximum atomic E-state index is 6.16. The van der Waals surface area contributed by atoms with Crippen molar-refractivity contribution >= 4 is 50.3 Å². The average molecular weight is 297 g/mol. The summed E-state index contributed by atoms with van der Waals surface area (Å²) in [6.45, 7) is 2.05. The van der Waals surface area contributed by atoms with Crippen molar-refractivity contribution in [1.29, 1.82) is 0 Å². The summed E-state index contributed by atoms with van der Waals surface area (Å²) in [4.78, 5) is 13.6. The highest BCUT2D eigenvalue weighted by molar-refractivity contribution is 7.17. The van der Waals surface area contributed by atoms with Gasteiger partial charge in [-0.1, -0.05) is 11.6 Å². The molecule has 3 rings (SSSR count). The van der Waals surface area contributed by atoms with Gasteiger partial charge in [-0.25, -0.2) is 15.0 Å². The van der Waals surface area contributed by atoms with Crippen LogP contribution in [0.1, 0.15) is 18.0 Å². The first-order chi connectivity index (χ1) is 8.75. The van der Waals surface area contributed by atoms with E-state index in [1.807, 2.05) is 17.7 Å². The second kappa shape index (κ2) is 4.79. The zero-order valence-corrected chi connectivity index (χ0v) is 11.8. The van der Waals surface area contributed by atoms with Crippen molar-refractivity contribution in [3.63, 3.8) is 0 Å². The molecule has 0 saturated carbocycles. The molecule has 7 heteroatoms. The Morgan fingerprint density at radius 2 is 2.17 bits per heavy atom.